The molecule has 0 atom stereocenters. The molecule has 0 saturated heterocycles. The molecule has 0 aromatic heterocycles. The molecule has 0 saturated carbocycles. The van der Waals surface area contributed by atoms with Gasteiger partial charge in [0.05, 0.1) is 6.61 Å². The number of benzene rings is 2. The van der Waals surface area contributed by atoms with Crippen LogP contribution in [0.25, 0.3) is 0 Å². The highest BCUT2D eigenvalue weighted by molar-refractivity contribution is 5.39. The number of rotatable bonds is 5. The molecule has 0 spiro atoms. The molecule has 0 bridgehead atoms. The summed E-state index contributed by atoms with van der Waals surface area (Å²) in [6.07, 6.45) is 0. The third kappa shape index (κ3) is 3.25. The zero-order valence-electron chi connectivity index (χ0n) is 9.93. The van der Waals surface area contributed by atoms with Crippen molar-refractivity contribution in [1.29, 1.82) is 0 Å². The Morgan fingerprint density at radius 3 is 2.00 bits per heavy atom. The molecule has 17 heavy (non-hydrogen) atoms. The van der Waals surface area contributed by atoms with Gasteiger partial charge in [-0.2, -0.15) is 0 Å². The van der Waals surface area contributed by atoms with Crippen LogP contribution in [0.4, 0.5) is 0 Å². The van der Waals surface area contributed by atoms with Crippen LogP contribution in [-0.2, 0) is 6.61 Å². The molecular weight excluding hydrogens is 212 g/mol. The minimum absolute atomic E-state index is 0.560. The summed E-state index contributed by atoms with van der Waals surface area (Å²) in [5.41, 5.74) is 1.15. The maximum Gasteiger partial charge on any atom is 0.161 e. The molecule has 0 aliphatic rings. The Bertz CT molecular complexity index is 451. The summed E-state index contributed by atoms with van der Waals surface area (Å²) in [6, 6.07) is 17.8. The van der Waals surface area contributed by atoms with Gasteiger partial charge in [-0.25, -0.2) is 0 Å². The predicted octanol–water partition coefficient (Wildman–Crippen LogP) is 3.66. The van der Waals surface area contributed by atoms with Crippen LogP contribution >= 0.6 is 0 Å². The van der Waals surface area contributed by atoms with Crippen LogP contribution < -0.4 is 9.47 Å². The van der Waals surface area contributed by atoms with Gasteiger partial charge in [0.15, 0.2) is 11.5 Å². The van der Waals surface area contributed by atoms with E-state index in [0.717, 1.165) is 17.1 Å². The van der Waals surface area contributed by atoms with Gasteiger partial charge in [0.1, 0.15) is 6.61 Å². The molecule has 0 amide bonds. The van der Waals surface area contributed by atoms with Gasteiger partial charge in [-0.05, 0) is 24.6 Å². The summed E-state index contributed by atoms with van der Waals surface area (Å²) in [4.78, 5) is 0. The normalized spacial score (nSPS) is 9.94. The van der Waals surface area contributed by atoms with Crippen molar-refractivity contribution in [1.82, 2.24) is 0 Å². The standard InChI is InChI=1S/C15H16O2/c1-2-16-14-10-6-7-11-15(14)17-12-13-8-4-3-5-9-13/h3-11H,2,12H2,1H3. The van der Waals surface area contributed by atoms with E-state index in [1.165, 1.54) is 0 Å². The van der Waals surface area contributed by atoms with Crippen molar-refractivity contribution in [2.45, 2.75) is 13.5 Å². The SMILES string of the molecule is CCOc1ccccc1OCc1ccccc1. The molecule has 2 rings (SSSR count). The highest BCUT2D eigenvalue weighted by Crippen LogP contribution is 2.27. The predicted molar refractivity (Wildman–Crippen MR) is 68.4 cm³/mol. The highest BCUT2D eigenvalue weighted by atomic mass is 16.5. The van der Waals surface area contributed by atoms with Gasteiger partial charge in [-0.3, -0.25) is 0 Å². The molecule has 2 aromatic rings. The number of ether oxygens (including phenoxy) is 2. The van der Waals surface area contributed by atoms with Crippen LogP contribution in [0, 0.1) is 0 Å². The summed E-state index contributed by atoms with van der Waals surface area (Å²) in [5.74, 6) is 1.59. The van der Waals surface area contributed by atoms with E-state index in [1.807, 2.05) is 61.5 Å². The molecule has 2 aromatic carbocycles. The zero-order valence-corrected chi connectivity index (χ0v) is 9.93. The average Bonchev–Trinajstić information content (AvgIpc) is 2.39. The van der Waals surface area contributed by atoms with Crippen LogP contribution in [-0.4, -0.2) is 6.61 Å². The first-order valence-corrected chi connectivity index (χ1v) is 5.78. The Morgan fingerprint density at radius 1 is 0.765 bits per heavy atom. The van der Waals surface area contributed by atoms with E-state index in [1.54, 1.807) is 0 Å². The fourth-order valence-electron chi connectivity index (χ4n) is 1.58. The van der Waals surface area contributed by atoms with Crippen molar-refractivity contribution in [3.8, 4) is 11.5 Å². The third-order valence-corrected chi connectivity index (χ3v) is 2.39. The minimum atomic E-state index is 0.560. The van der Waals surface area contributed by atoms with Crippen molar-refractivity contribution < 1.29 is 9.47 Å². The Labute approximate surface area is 102 Å². The number of hydrogen-bond donors (Lipinski definition) is 0. The Hall–Kier alpha value is -1.96. The summed E-state index contributed by atoms with van der Waals surface area (Å²) in [5, 5.41) is 0. The highest BCUT2D eigenvalue weighted by Gasteiger charge is 2.03. The molecule has 0 aliphatic heterocycles. The number of hydrogen-bond acceptors (Lipinski definition) is 2. The van der Waals surface area contributed by atoms with E-state index < -0.39 is 0 Å². The summed E-state index contributed by atoms with van der Waals surface area (Å²) < 4.78 is 11.3. The van der Waals surface area contributed by atoms with Crippen LogP contribution in [0.5, 0.6) is 11.5 Å². The second kappa shape index (κ2) is 5.94. The van der Waals surface area contributed by atoms with Crippen molar-refractivity contribution in [2.75, 3.05) is 6.61 Å². The molecule has 0 heterocycles. The molecule has 0 fully saturated rings. The average molecular weight is 228 g/mol. The summed E-state index contributed by atoms with van der Waals surface area (Å²) in [7, 11) is 0. The molecule has 2 nitrogen and oxygen atoms in total. The molecule has 0 unspecified atom stereocenters. The lowest BCUT2D eigenvalue weighted by Gasteiger charge is -2.11. The fraction of sp³-hybridized carbons (Fsp3) is 0.200. The Balaban J connectivity index is 2.03. The molecule has 88 valence electrons. The number of para-hydroxylation sites is 2. The summed E-state index contributed by atoms with van der Waals surface area (Å²) >= 11 is 0. The van der Waals surface area contributed by atoms with Crippen molar-refractivity contribution >= 4 is 0 Å². The lowest BCUT2D eigenvalue weighted by Crippen LogP contribution is -1.99. The van der Waals surface area contributed by atoms with E-state index in [9.17, 15) is 0 Å². The van der Waals surface area contributed by atoms with E-state index in [2.05, 4.69) is 0 Å². The van der Waals surface area contributed by atoms with Gasteiger partial charge < -0.3 is 9.47 Å². The molecule has 0 N–H and O–H groups in total. The first-order chi connectivity index (χ1) is 8.40. The zero-order chi connectivity index (χ0) is 11.9. The molecule has 0 radical (unpaired) electrons. The van der Waals surface area contributed by atoms with E-state index in [0.29, 0.717) is 13.2 Å². The monoisotopic (exact) mass is 228 g/mol. The van der Waals surface area contributed by atoms with Gasteiger partial charge in [0, 0.05) is 0 Å². The maximum atomic E-state index is 5.75. The van der Waals surface area contributed by atoms with E-state index >= 15 is 0 Å². The van der Waals surface area contributed by atoms with E-state index in [-0.39, 0.29) is 0 Å². The quantitative estimate of drug-likeness (QED) is 0.777. The molecule has 0 aliphatic carbocycles. The van der Waals surface area contributed by atoms with Gasteiger partial charge >= 0.3 is 0 Å². The van der Waals surface area contributed by atoms with Crippen molar-refractivity contribution in [2.24, 2.45) is 0 Å². The van der Waals surface area contributed by atoms with Crippen LogP contribution in [0.2, 0.25) is 0 Å². The Morgan fingerprint density at radius 2 is 1.35 bits per heavy atom. The lowest BCUT2D eigenvalue weighted by atomic mass is 10.2. The van der Waals surface area contributed by atoms with Gasteiger partial charge in [0.2, 0.25) is 0 Å². The molecule has 2 heteroatoms. The van der Waals surface area contributed by atoms with E-state index in [4.69, 9.17) is 9.47 Å². The smallest absolute Gasteiger partial charge is 0.161 e. The third-order valence-electron chi connectivity index (χ3n) is 2.39. The summed E-state index contributed by atoms with van der Waals surface area (Å²) in [6.45, 7) is 3.17. The topological polar surface area (TPSA) is 18.5 Å². The van der Waals surface area contributed by atoms with Crippen LogP contribution in [0.3, 0.4) is 0 Å². The Kier molecular flexibility index (Phi) is 4.03. The van der Waals surface area contributed by atoms with Crippen molar-refractivity contribution in [3.63, 3.8) is 0 Å². The largest absolute Gasteiger partial charge is 0.490 e. The minimum Gasteiger partial charge on any atom is -0.490 e. The van der Waals surface area contributed by atoms with Crippen molar-refractivity contribution in [3.05, 3.63) is 60.2 Å². The van der Waals surface area contributed by atoms with Gasteiger partial charge in [-0.1, -0.05) is 42.5 Å². The second-order valence-corrected chi connectivity index (χ2v) is 3.65. The molecular formula is C15H16O2. The maximum absolute atomic E-state index is 5.75. The van der Waals surface area contributed by atoms with Crippen LogP contribution in [0.1, 0.15) is 12.5 Å². The van der Waals surface area contributed by atoms with Crippen LogP contribution in [0.15, 0.2) is 54.6 Å². The fourth-order valence-corrected chi connectivity index (χ4v) is 1.58. The lowest BCUT2D eigenvalue weighted by molar-refractivity contribution is 0.269. The van der Waals surface area contributed by atoms with Gasteiger partial charge in [0.25, 0.3) is 0 Å². The van der Waals surface area contributed by atoms with Gasteiger partial charge in [-0.15, -0.1) is 0 Å². The first-order valence-electron chi connectivity index (χ1n) is 5.78. The first kappa shape index (κ1) is 11.5. The second-order valence-electron chi connectivity index (χ2n) is 3.65.